The molecule has 1 aromatic heterocycles. The highest BCUT2D eigenvalue weighted by Gasteiger charge is 2.27. The van der Waals surface area contributed by atoms with Gasteiger partial charge in [0.1, 0.15) is 16.5 Å². The summed E-state index contributed by atoms with van der Waals surface area (Å²) in [6.45, 7) is 9.11. The maximum absolute atomic E-state index is 5.55. The molecule has 0 radical (unpaired) electrons. The molecule has 1 saturated heterocycles. The second-order valence-electron chi connectivity index (χ2n) is 6.60. The molecule has 0 saturated carbocycles. The van der Waals surface area contributed by atoms with Crippen molar-refractivity contribution in [3.05, 3.63) is 18.1 Å². The lowest BCUT2D eigenvalue weighted by Crippen LogP contribution is -2.27. The highest BCUT2D eigenvalue weighted by Crippen LogP contribution is 2.34. The Bertz CT molecular complexity index is 464. The van der Waals surface area contributed by atoms with Crippen molar-refractivity contribution >= 4 is 23.0 Å². The molecule has 1 aromatic rings. The van der Waals surface area contributed by atoms with Crippen LogP contribution in [0.4, 0.5) is 5.82 Å². The number of hydrogen-bond donors (Lipinski definition) is 1. The number of thiocarbonyl (C=S) groups is 1. The Morgan fingerprint density at radius 1 is 1.25 bits per heavy atom. The monoisotopic (exact) mass is 292 g/mol. The number of aromatic nitrogens is 2. The molecule has 0 spiro atoms. The van der Waals surface area contributed by atoms with Crippen LogP contribution in [0.5, 0.6) is 0 Å². The molecule has 2 heterocycles. The minimum absolute atomic E-state index is 0.299. The standard InChI is InChI=1S/C15H24N4S/c1-15(2,3)11-5-4-7-19(8-6-11)13-10-17-12(9-18-13)14(16)20/h9-11H,4-8H2,1-3H3,(H2,16,20). The van der Waals surface area contributed by atoms with Gasteiger partial charge in [0.25, 0.3) is 0 Å². The first-order valence-electron chi connectivity index (χ1n) is 7.24. The fraction of sp³-hybridized carbons (Fsp3) is 0.667. The summed E-state index contributed by atoms with van der Waals surface area (Å²) in [5.41, 5.74) is 6.52. The molecule has 4 nitrogen and oxygen atoms in total. The van der Waals surface area contributed by atoms with Crippen molar-refractivity contribution in [3.8, 4) is 0 Å². The van der Waals surface area contributed by atoms with Crippen LogP contribution in [0.3, 0.4) is 0 Å². The summed E-state index contributed by atoms with van der Waals surface area (Å²) in [4.78, 5) is 11.4. The molecule has 110 valence electrons. The van der Waals surface area contributed by atoms with Crippen molar-refractivity contribution in [1.82, 2.24) is 9.97 Å². The van der Waals surface area contributed by atoms with Crippen molar-refractivity contribution in [3.63, 3.8) is 0 Å². The zero-order valence-corrected chi connectivity index (χ0v) is 13.4. The van der Waals surface area contributed by atoms with Gasteiger partial charge in [-0.25, -0.2) is 9.97 Å². The lowest BCUT2D eigenvalue weighted by atomic mass is 9.77. The van der Waals surface area contributed by atoms with E-state index in [2.05, 4.69) is 35.6 Å². The number of hydrogen-bond acceptors (Lipinski definition) is 4. The van der Waals surface area contributed by atoms with Crippen LogP contribution in [0.25, 0.3) is 0 Å². The van der Waals surface area contributed by atoms with Crippen LogP contribution in [0, 0.1) is 11.3 Å². The first-order valence-corrected chi connectivity index (χ1v) is 7.65. The predicted octanol–water partition coefficient (Wildman–Crippen LogP) is 2.76. The molecular weight excluding hydrogens is 268 g/mol. The number of anilines is 1. The fourth-order valence-electron chi connectivity index (χ4n) is 2.80. The van der Waals surface area contributed by atoms with E-state index in [1.54, 1.807) is 12.4 Å². The van der Waals surface area contributed by atoms with Gasteiger partial charge in [-0.3, -0.25) is 0 Å². The van der Waals surface area contributed by atoms with Gasteiger partial charge in [0.15, 0.2) is 0 Å². The highest BCUT2D eigenvalue weighted by molar-refractivity contribution is 7.80. The normalized spacial score (nSPS) is 20.6. The van der Waals surface area contributed by atoms with Crippen LogP contribution >= 0.6 is 12.2 Å². The van der Waals surface area contributed by atoms with Crippen LogP contribution in [-0.4, -0.2) is 28.0 Å². The minimum atomic E-state index is 0.299. The number of nitrogens with zero attached hydrogens (tertiary/aromatic N) is 3. The van der Waals surface area contributed by atoms with Crippen LogP contribution in [-0.2, 0) is 0 Å². The zero-order chi connectivity index (χ0) is 14.8. The van der Waals surface area contributed by atoms with Gasteiger partial charge in [-0.15, -0.1) is 0 Å². The Balaban J connectivity index is 2.05. The first-order chi connectivity index (χ1) is 9.38. The summed E-state index contributed by atoms with van der Waals surface area (Å²) in [6, 6.07) is 0. The van der Waals surface area contributed by atoms with Crippen molar-refractivity contribution in [2.75, 3.05) is 18.0 Å². The average molecular weight is 292 g/mol. The molecule has 1 unspecified atom stereocenters. The van der Waals surface area contributed by atoms with E-state index in [1.807, 2.05) is 0 Å². The SMILES string of the molecule is CC(C)(C)C1CCCN(c2cnc(C(N)=S)cn2)CC1. The molecule has 20 heavy (non-hydrogen) atoms. The molecule has 0 bridgehead atoms. The molecule has 1 aliphatic rings. The van der Waals surface area contributed by atoms with Crippen LogP contribution < -0.4 is 10.6 Å². The van der Waals surface area contributed by atoms with E-state index >= 15 is 0 Å². The van der Waals surface area contributed by atoms with Crippen molar-refractivity contribution < 1.29 is 0 Å². The van der Waals surface area contributed by atoms with Crippen molar-refractivity contribution in [2.45, 2.75) is 40.0 Å². The van der Waals surface area contributed by atoms with Gasteiger partial charge >= 0.3 is 0 Å². The van der Waals surface area contributed by atoms with E-state index in [0.717, 1.165) is 24.8 Å². The van der Waals surface area contributed by atoms with Crippen LogP contribution in [0.2, 0.25) is 0 Å². The molecule has 0 aromatic carbocycles. The molecule has 1 fully saturated rings. The van der Waals surface area contributed by atoms with Gasteiger partial charge in [0.05, 0.1) is 12.4 Å². The maximum atomic E-state index is 5.55. The molecule has 1 aliphatic heterocycles. The van der Waals surface area contributed by atoms with Gasteiger partial charge in [0, 0.05) is 13.1 Å². The Hall–Kier alpha value is -1.23. The van der Waals surface area contributed by atoms with Crippen molar-refractivity contribution in [1.29, 1.82) is 0 Å². The van der Waals surface area contributed by atoms with Gasteiger partial charge in [-0.2, -0.15) is 0 Å². The topological polar surface area (TPSA) is 55.0 Å². The minimum Gasteiger partial charge on any atom is -0.388 e. The molecule has 0 aliphatic carbocycles. The van der Waals surface area contributed by atoms with E-state index in [0.29, 0.717) is 16.1 Å². The average Bonchev–Trinajstić information content (AvgIpc) is 2.64. The fourth-order valence-corrected chi connectivity index (χ4v) is 2.91. The van der Waals surface area contributed by atoms with Gasteiger partial charge in [-0.05, 0) is 30.6 Å². The summed E-state index contributed by atoms with van der Waals surface area (Å²) >= 11 is 4.90. The lowest BCUT2D eigenvalue weighted by molar-refractivity contribution is 0.220. The third-order valence-corrected chi connectivity index (χ3v) is 4.38. The van der Waals surface area contributed by atoms with Gasteiger partial charge in [-0.1, -0.05) is 33.0 Å². The molecular formula is C15H24N4S. The summed E-state index contributed by atoms with van der Waals surface area (Å²) in [7, 11) is 0. The Kier molecular flexibility index (Phi) is 4.58. The Morgan fingerprint density at radius 3 is 2.55 bits per heavy atom. The highest BCUT2D eigenvalue weighted by atomic mass is 32.1. The summed E-state index contributed by atoms with van der Waals surface area (Å²) in [6.07, 6.45) is 7.16. The summed E-state index contributed by atoms with van der Waals surface area (Å²) in [5, 5.41) is 0. The van der Waals surface area contributed by atoms with Gasteiger partial charge < -0.3 is 10.6 Å². The quantitative estimate of drug-likeness (QED) is 0.849. The van der Waals surface area contributed by atoms with Crippen LogP contribution in [0.1, 0.15) is 45.7 Å². The second-order valence-corrected chi connectivity index (χ2v) is 7.04. The molecule has 2 rings (SSSR count). The number of rotatable bonds is 2. The maximum Gasteiger partial charge on any atom is 0.147 e. The van der Waals surface area contributed by atoms with E-state index in [1.165, 1.54) is 19.3 Å². The Labute approximate surface area is 126 Å². The zero-order valence-electron chi connectivity index (χ0n) is 12.6. The summed E-state index contributed by atoms with van der Waals surface area (Å²) < 4.78 is 0. The molecule has 0 amide bonds. The van der Waals surface area contributed by atoms with Crippen molar-refractivity contribution in [2.24, 2.45) is 17.1 Å². The third-order valence-electron chi connectivity index (χ3n) is 4.17. The first kappa shape index (κ1) is 15.2. The van der Waals surface area contributed by atoms with Crippen LogP contribution in [0.15, 0.2) is 12.4 Å². The third kappa shape index (κ3) is 3.66. The van der Waals surface area contributed by atoms with E-state index in [9.17, 15) is 0 Å². The second kappa shape index (κ2) is 6.04. The Morgan fingerprint density at radius 2 is 2.00 bits per heavy atom. The molecule has 2 N–H and O–H groups in total. The molecule has 1 atom stereocenters. The largest absolute Gasteiger partial charge is 0.388 e. The lowest BCUT2D eigenvalue weighted by Gasteiger charge is -2.29. The predicted molar refractivity (Wildman–Crippen MR) is 86.9 cm³/mol. The molecule has 5 heteroatoms. The number of nitrogens with two attached hydrogens (primary N) is 1. The summed E-state index contributed by atoms with van der Waals surface area (Å²) in [5.74, 6) is 1.70. The van der Waals surface area contributed by atoms with E-state index < -0.39 is 0 Å². The van der Waals surface area contributed by atoms with Gasteiger partial charge in [0.2, 0.25) is 0 Å². The van der Waals surface area contributed by atoms with E-state index in [-0.39, 0.29) is 0 Å². The van der Waals surface area contributed by atoms with E-state index in [4.69, 9.17) is 18.0 Å². The smallest absolute Gasteiger partial charge is 0.147 e.